The molecule has 15 heavy (non-hydrogen) atoms. The van der Waals surface area contributed by atoms with Gasteiger partial charge in [0.05, 0.1) is 0 Å². The van der Waals surface area contributed by atoms with E-state index in [1.54, 1.807) is 0 Å². The molecule has 0 saturated heterocycles. The quantitative estimate of drug-likeness (QED) is 0.721. The maximum absolute atomic E-state index is 4.09. The molecular weight excluding hydrogens is 182 g/mol. The van der Waals surface area contributed by atoms with Crippen molar-refractivity contribution in [2.24, 2.45) is 0 Å². The van der Waals surface area contributed by atoms with Gasteiger partial charge in [0.15, 0.2) is 0 Å². The molecule has 0 aromatic heterocycles. The molecule has 1 aromatic rings. The van der Waals surface area contributed by atoms with Gasteiger partial charge in [-0.05, 0) is 48.7 Å². The van der Waals surface area contributed by atoms with Crippen LogP contribution in [0.1, 0.15) is 23.1 Å². The van der Waals surface area contributed by atoms with Gasteiger partial charge in [0.25, 0.3) is 0 Å². The fraction of sp³-hybridized carbons (Fsp3) is 0.286. The third-order valence-electron chi connectivity index (χ3n) is 2.45. The van der Waals surface area contributed by atoms with Crippen LogP contribution >= 0.6 is 0 Å². The molecule has 1 N–H and O–H groups in total. The highest BCUT2D eigenvalue weighted by atomic mass is 14.8. The van der Waals surface area contributed by atoms with Gasteiger partial charge in [-0.25, -0.2) is 0 Å². The Morgan fingerprint density at radius 2 is 2.20 bits per heavy atom. The highest BCUT2D eigenvalue weighted by Gasteiger charge is 2.02. The molecule has 0 aliphatic rings. The summed E-state index contributed by atoms with van der Waals surface area (Å²) in [5.41, 5.74) is 4.97. The Kier molecular flexibility index (Phi) is 4.32. The van der Waals surface area contributed by atoms with E-state index in [2.05, 4.69) is 43.6 Å². The van der Waals surface area contributed by atoms with Crippen molar-refractivity contribution >= 4 is 5.57 Å². The predicted octanol–water partition coefficient (Wildman–Crippen LogP) is 3.30. The summed E-state index contributed by atoms with van der Waals surface area (Å²) in [4.78, 5) is 0. The van der Waals surface area contributed by atoms with Crippen LogP contribution in [0.15, 0.2) is 37.4 Å². The Morgan fingerprint density at radius 1 is 1.47 bits per heavy atom. The van der Waals surface area contributed by atoms with Crippen LogP contribution in [0.4, 0.5) is 0 Å². The summed E-state index contributed by atoms with van der Waals surface area (Å²) < 4.78 is 0. The average molecular weight is 201 g/mol. The van der Waals surface area contributed by atoms with E-state index < -0.39 is 0 Å². The molecule has 0 radical (unpaired) electrons. The summed E-state index contributed by atoms with van der Waals surface area (Å²) in [5, 5.41) is 3.15. The number of allylic oxidation sites excluding steroid dienone is 2. The molecule has 0 aliphatic heterocycles. The number of benzene rings is 1. The van der Waals surface area contributed by atoms with Crippen molar-refractivity contribution in [3.05, 3.63) is 54.1 Å². The number of aryl methyl sites for hydroxylation is 1. The van der Waals surface area contributed by atoms with Crippen molar-refractivity contribution in [3.8, 4) is 0 Å². The summed E-state index contributed by atoms with van der Waals surface area (Å²) in [5.74, 6) is 0. The maximum Gasteiger partial charge on any atom is 0.0202 e. The lowest BCUT2D eigenvalue weighted by Crippen LogP contribution is -2.05. The number of rotatable bonds is 5. The van der Waals surface area contributed by atoms with Gasteiger partial charge in [0.1, 0.15) is 0 Å². The van der Waals surface area contributed by atoms with E-state index in [0.29, 0.717) is 0 Å². The second-order valence-corrected chi connectivity index (χ2v) is 3.78. The van der Waals surface area contributed by atoms with Crippen molar-refractivity contribution in [1.29, 1.82) is 0 Å². The fourth-order valence-corrected chi connectivity index (χ4v) is 1.65. The number of hydrogen-bond donors (Lipinski definition) is 1. The first-order valence-corrected chi connectivity index (χ1v) is 5.22. The molecule has 0 fully saturated rings. The molecule has 0 amide bonds. The van der Waals surface area contributed by atoms with Crippen molar-refractivity contribution in [3.63, 3.8) is 0 Å². The molecule has 80 valence electrons. The van der Waals surface area contributed by atoms with Gasteiger partial charge >= 0.3 is 0 Å². The second-order valence-electron chi connectivity index (χ2n) is 3.78. The summed E-state index contributed by atoms with van der Waals surface area (Å²) in [7, 11) is 1.96. The van der Waals surface area contributed by atoms with Gasteiger partial charge in [0, 0.05) is 6.54 Å². The van der Waals surface area contributed by atoms with Gasteiger partial charge in [-0.2, -0.15) is 0 Å². The van der Waals surface area contributed by atoms with Gasteiger partial charge in [-0.15, -0.1) is 6.58 Å². The van der Waals surface area contributed by atoms with Crippen molar-refractivity contribution in [2.75, 3.05) is 7.05 Å². The van der Waals surface area contributed by atoms with E-state index in [4.69, 9.17) is 0 Å². The lowest BCUT2D eigenvalue weighted by Gasteiger charge is -2.10. The molecule has 0 atom stereocenters. The Labute approximate surface area is 92.5 Å². The molecule has 1 aromatic carbocycles. The van der Waals surface area contributed by atoms with E-state index in [9.17, 15) is 0 Å². The van der Waals surface area contributed by atoms with Crippen LogP contribution in [0.3, 0.4) is 0 Å². The molecule has 0 spiro atoms. The summed E-state index contributed by atoms with van der Waals surface area (Å²) in [6.07, 6.45) is 2.75. The highest BCUT2D eigenvalue weighted by Crippen LogP contribution is 2.21. The van der Waals surface area contributed by atoms with E-state index in [1.807, 2.05) is 13.1 Å². The minimum Gasteiger partial charge on any atom is -0.316 e. The third kappa shape index (κ3) is 3.07. The number of nitrogens with one attached hydrogen (secondary N) is 1. The first kappa shape index (κ1) is 11.7. The zero-order chi connectivity index (χ0) is 11.3. The topological polar surface area (TPSA) is 12.0 Å². The standard InChI is InChI=1S/C14H19N/c1-5-6-11(2)14-9-13(10-15-4)8-7-12(14)3/h5,7-9,15H,1-2,6,10H2,3-4H3. The molecule has 1 nitrogen and oxygen atoms in total. The molecule has 1 heteroatoms. The molecule has 0 aliphatic carbocycles. The van der Waals surface area contributed by atoms with Crippen molar-refractivity contribution < 1.29 is 0 Å². The minimum absolute atomic E-state index is 0.851. The van der Waals surface area contributed by atoms with Crippen LogP contribution < -0.4 is 5.32 Å². The van der Waals surface area contributed by atoms with Crippen LogP contribution in [0.5, 0.6) is 0 Å². The lowest BCUT2D eigenvalue weighted by molar-refractivity contribution is 0.817. The molecule has 0 unspecified atom stereocenters. The fourth-order valence-electron chi connectivity index (χ4n) is 1.65. The zero-order valence-electron chi connectivity index (χ0n) is 9.64. The summed E-state index contributed by atoms with van der Waals surface area (Å²) >= 11 is 0. The Balaban J connectivity index is 2.99. The van der Waals surface area contributed by atoms with Gasteiger partial charge in [-0.1, -0.05) is 24.8 Å². The molecule has 1 rings (SSSR count). The van der Waals surface area contributed by atoms with Crippen LogP contribution in [0, 0.1) is 6.92 Å². The van der Waals surface area contributed by atoms with Crippen molar-refractivity contribution in [1.82, 2.24) is 5.32 Å². The van der Waals surface area contributed by atoms with E-state index in [-0.39, 0.29) is 0 Å². The average Bonchev–Trinajstić information content (AvgIpc) is 2.21. The normalized spacial score (nSPS) is 10.0. The number of hydrogen-bond acceptors (Lipinski definition) is 1. The Morgan fingerprint density at radius 3 is 2.80 bits per heavy atom. The van der Waals surface area contributed by atoms with Crippen LogP contribution in [0.2, 0.25) is 0 Å². The predicted molar refractivity (Wildman–Crippen MR) is 67.8 cm³/mol. The molecule has 0 bridgehead atoms. The molecule has 0 saturated carbocycles. The smallest absolute Gasteiger partial charge is 0.0202 e. The SMILES string of the molecule is C=CCC(=C)c1cc(CNC)ccc1C. The van der Waals surface area contributed by atoms with Gasteiger partial charge in [0.2, 0.25) is 0 Å². The molecular formula is C14H19N. The zero-order valence-corrected chi connectivity index (χ0v) is 9.64. The first-order valence-electron chi connectivity index (χ1n) is 5.22. The maximum atomic E-state index is 4.09. The van der Waals surface area contributed by atoms with E-state index >= 15 is 0 Å². The minimum atomic E-state index is 0.851. The van der Waals surface area contributed by atoms with E-state index in [1.165, 1.54) is 16.7 Å². The first-order chi connectivity index (χ1) is 7.19. The van der Waals surface area contributed by atoms with Crippen molar-refractivity contribution in [2.45, 2.75) is 19.9 Å². The van der Waals surface area contributed by atoms with Gasteiger partial charge in [-0.3, -0.25) is 0 Å². The van der Waals surface area contributed by atoms with Gasteiger partial charge < -0.3 is 5.32 Å². The summed E-state index contributed by atoms with van der Waals surface area (Å²) in [6.45, 7) is 10.8. The van der Waals surface area contributed by atoms with Crippen LogP contribution in [-0.4, -0.2) is 7.05 Å². The lowest BCUT2D eigenvalue weighted by atomic mass is 9.97. The second kappa shape index (κ2) is 5.52. The van der Waals surface area contributed by atoms with Crippen LogP contribution in [-0.2, 0) is 6.54 Å². The van der Waals surface area contributed by atoms with E-state index in [0.717, 1.165) is 18.5 Å². The van der Waals surface area contributed by atoms with Crippen LogP contribution in [0.25, 0.3) is 5.57 Å². The molecule has 0 heterocycles. The Bertz CT molecular complexity index is 364. The highest BCUT2D eigenvalue weighted by molar-refractivity contribution is 5.67. The third-order valence-corrected chi connectivity index (χ3v) is 2.45. The monoisotopic (exact) mass is 201 g/mol. The Hall–Kier alpha value is -1.34. The summed E-state index contributed by atoms with van der Waals surface area (Å²) in [6, 6.07) is 6.50. The largest absolute Gasteiger partial charge is 0.316 e.